The van der Waals surface area contributed by atoms with Crippen molar-refractivity contribution in [2.75, 3.05) is 32.7 Å². The third kappa shape index (κ3) is 4.23. The van der Waals surface area contributed by atoms with E-state index < -0.39 is 0 Å². The van der Waals surface area contributed by atoms with Crippen molar-refractivity contribution >= 4 is 5.91 Å². The summed E-state index contributed by atoms with van der Waals surface area (Å²) in [6.45, 7) is 6.83. The van der Waals surface area contributed by atoms with Crippen LogP contribution in [0.25, 0.3) is 11.4 Å². The average molecular weight is 449 g/mol. The fourth-order valence-corrected chi connectivity index (χ4v) is 7.51. The van der Waals surface area contributed by atoms with E-state index in [1.54, 1.807) is 0 Å². The smallest absolute Gasteiger partial charge is 0.228 e. The fraction of sp³-hybridized carbons (Fsp3) is 0.667. The van der Waals surface area contributed by atoms with Crippen LogP contribution in [0.5, 0.6) is 0 Å². The van der Waals surface area contributed by atoms with E-state index in [-0.39, 0.29) is 5.41 Å². The summed E-state index contributed by atoms with van der Waals surface area (Å²) >= 11 is 0. The van der Waals surface area contributed by atoms with Crippen molar-refractivity contribution in [2.45, 2.75) is 58.3 Å². The molecule has 5 aliphatic rings. The topological polar surface area (TPSA) is 62.5 Å². The second-order valence-electron chi connectivity index (χ2n) is 11.3. The van der Waals surface area contributed by atoms with Gasteiger partial charge in [-0.15, -0.1) is 0 Å². The van der Waals surface area contributed by atoms with E-state index in [1.165, 1.54) is 44.1 Å². The zero-order valence-electron chi connectivity index (χ0n) is 19.8. The number of aromatic nitrogens is 2. The van der Waals surface area contributed by atoms with Crippen LogP contribution in [0, 0.1) is 30.1 Å². The summed E-state index contributed by atoms with van der Waals surface area (Å²) in [5.41, 5.74) is 2.22. The molecule has 5 fully saturated rings. The molecule has 0 atom stereocenters. The lowest BCUT2D eigenvalue weighted by molar-refractivity contribution is -0.159. The molecule has 1 amide bonds. The van der Waals surface area contributed by atoms with Crippen LogP contribution in [0.2, 0.25) is 0 Å². The zero-order valence-corrected chi connectivity index (χ0v) is 19.8. The summed E-state index contributed by atoms with van der Waals surface area (Å²) in [5.74, 6) is 4.37. The maximum Gasteiger partial charge on any atom is 0.228 e. The number of benzene rings is 1. The quantitative estimate of drug-likeness (QED) is 0.658. The summed E-state index contributed by atoms with van der Waals surface area (Å²) in [5, 5.41) is 4.14. The average Bonchev–Trinajstić information content (AvgIpc) is 3.28. The van der Waals surface area contributed by atoms with Crippen LogP contribution >= 0.6 is 0 Å². The highest BCUT2D eigenvalue weighted by Gasteiger charge is 2.55. The molecule has 6 nitrogen and oxygen atoms in total. The molecule has 0 unspecified atom stereocenters. The molecule has 0 spiro atoms. The van der Waals surface area contributed by atoms with Gasteiger partial charge < -0.3 is 9.42 Å². The van der Waals surface area contributed by atoms with Gasteiger partial charge in [0.1, 0.15) is 0 Å². The molecule has 1 aromatic carbocycles. The minimum atomic E-state index is 0.00400. The number of carbonyl (C=O) groups is 1. The largest absolute Gasteiger partial charge is 0.340 e. The Bertz CT molecular complexity index is 955. The van der Waals surface area contributed by atoms with Crippen molar-refractivity contribution in [2.24, 2.45) is 23.2 Å². The van der Waals surface area contributed by atoms with Crippen LogP contribution in [0.1, 0.15) is 56.4 Å². The van der Waals surface area contributed by atoms with Gasteiger partial charge in [0.05, 0.1) is 5.41 Å². The molecule has 7 rings (SSSR count). The predicted molar refractivity (Wildman–Crippen MR) is 126 cm³/mol. The Morgan fingerprint density at radius 2 is 1.64 bits per heavy atom. The first-order chi connectivity index (χ1) is 16.1. The van der Waals surface area contributed by atoms with Gasteiger partial charge in [-0.2, -0.15) is 4.98 Å². The summed E-state index contributed by atoms with van der Waals surface area (Å²) in [4.78, 5) is 22.8. The molecule has 33 heavy (non-hydrogen) atoms. The number of nitrogens with zero attached hydrogens (tertiary/aromatic N) is 4. The standard InChI is InChI=1S/C27H36N4O2/c1-19-4-6-23(7-5-19)25-28-24(33-29-25)3-2-8-30-9-11-31(12-10-30)26(32)27-16-20-13-21(17-27)15-22(14-20)18-27/h4-7,20-22H,2-3,8-18H2,1H3. The molecule has 0 N–H and O–H groups in total. The Morgan fingerprint density at radius 3 is 2.27 bits per heavy atom. The Balaban J connectivity index is 0.971. The molecule has 2 aromatic rings. The molecule has 1 aromatic heterocycles. The van der Waals surface area contributed by atoms with Crippen LogP contribution in [0.4, 0.5) is 0 Å². The number of amides is 1. The zero-order chi connectivity index (χ0) is 22.4. The van der Waals surface area contributed by atoms with Gasteiger partial charge in [-0.3, -0.25) is 9.69 Å². The summed E-state index contributed by atoms with van der Waals surface area (Å²) in [6.07, 6.45) is 9.50. The molecule has 1 saturated heterocycles. The van der Waals surface area contributed by atoms with Gasteiger partial charge in [0.15, 0.2) is 0 Å². The molecule has 4 aliphatic carbocycles. The number of aryl methyl sites for hydroxylation is 2. The number of carbonyl (C=O) groups excluding carboxylic acids is 1. The Kier molecular flexibility index (Phi) is 5.52. The first kappa shape index (κ1) is 21.3. The van der Waals surface area contributed by atoms with Crippen LogP contribution in [-0.4, -0.2) is 58.6 Å². The van der Waals surface area contributed by atoms with Crippen molar-refractivity contribution in [3.05, 3.63) is 35.7 Å². The summed E-state index contributed by atoms with van der Waals surface area (Å²) in [6, 6.07) is 8.21. The fourth-order valence-electron chi connectivity index (χ4n) is 7.51. The van der Waals surface area contributed by atoms with Gasteiger partial charge in [0, 0.05) is 38.2 Å². The lowest BCUT2D eigenvalue weighted by Gasteiger charge is -2.57. The predicted octanol–water partition coefficient (Wildman–Crippen LogP) is 4.34. The molecular formula is C27H36N4O2. The molecule has 0 radical (unpaired) electrons. The van der Waals surface area contributed by atoms with Gasteiger partial charge in [0.25, 0.3) is 0 Å². The highest BCUT2D eigenvalue weighted by molar-refractivity contribution is 5.83. The lowest BCUT2D eigenvalue weighted by Crippen LogP contribution is -2.58. The minimum Gasteiger partial charge on any atom is -0.340 e. The van der Waals surface area contributed by atoms with Crippen molar-refractivity contribution < 1.29 is 9.32 Å². The number of hydrogen-bond donors (Lipinski definition) is 0. The van der Waals surface area contributed by atoms with Gasteiger partial charge in [-0.05, 0) is 76.2 Å². The van der Waals surface area contributed by atoms with E-state index in [2.05, 4.69) is 39.0 Å². The SMILES string of the molecule is Cc1ccc(-c2noc(CCCN3CCN(C(=O)C45CC6CC(CC(C6)C4)C5)CC3)n2)cc1. The maximum atomic E-state index is 13.6. The van der Waals surface area contributed by atoms with E-state index in [9.17, 15) is 4.79 Å². The molecule has 1 aliphatic heterocycles. The van der Waals surface area contributed by atoms with Gasteiger partial charge >= 0.3 is 0 Å². The molecule has 6 heteroatoms. The van der Waals surface area contributed by atoms with Crippen molar-refractivity contribution in [3.63, 3.8) is 0 Å². The van der Waals surface area contributed by atoms with Gasteiger partial charge in [-0.1, -0.05) is 35.0 Å². The molecule has 4 bridgehead atoms. The number of piperazine rings is 1. The second kappa shape index (κ2) is 8.53. The first-order valence-electron chi connectivity index (χ1n) is 13.0. The van der Waals surface area contributed by atoms with Crippen LogP contribution < -0.4 is 0 Å². The van der Waals surface area contributed by atoms with Crippen LogP contribution in [0.15, 0.2) is 28.8 Å². The van der Waals surface area contributed by atoms with Crippen LogP contribution in [0.3, 0.4) is 0 Å². The first-order valence-corrected chi connectivity index (χ1v) is 13.0. The second-order valence-corrected chi connectivity index (χ2v) is 11.3. The summed E-state index contributed by atoms with van der Waals surface area (Å²) < 4.78 is 5.47. The lowest BCUT2D eigenvalue weighted by atomic mass is 9.49. The molecule has 176 valence electrons. The van der Waals surface area contributed by atoms with Gasteiger partial charge in [-0.25, -0.2) is 0 Å². The van der Waals surface area contributed by atoms with E-state index >= 15 is 0 Å². The highest BCUT2D eigenvalue weighted by Crippen LogP contribution is 2.60. The van der Waals surface area contributed by atoms with Crippen molar-refractivity contribution in [1.82, 2.24) is 19.9 Å². The summed E-state index contributed by atoms with van der Waals surface area (Å²) in [7, 11) is 0. The number of hydrogen-bond acceptors (Lipinski definition) is 5. The highest BCUT2D eigenvalue weighted by atomic mass is 16.5. The van der Waals surface area contributed by atoms with E-state index in [1.807, 2.05) is 12.1 Å². The maximum absolute atomic E-state index is 13.6. The Labute approximate surface area is 196 Å². The Hall–Kier alpha value is -2.21. The van der Waals surface area contributed by atoms with E-state index in [4.69, 9.17) is 4.52 Å². The Morgan fingerprint density at radius 1 is 1.00 bits per heavy atom. The molecule has 4 saturated carbocycles. The van der Waals surface area contributed by atoms with Crippen molar-refractivity contribution in [1.29, 1.82) is 0 Å². The normalized spacial score (nSPS) is 31.3. The minimum absolute atomic E-state index is 0.00400. The van der Waals surface area contributed by atoms with E-state index in [0.29, 0.717) is 17.6 Å². The monoisotopic (exact) mass is 448 g/mol. The van der Waals surface area contributed by atoms with E-state index in [0.717, 1.165) is 68.9 Å². The third-order valence-corrected chi connectivity index (χ3v) is 8.79. The third-order valence-electron chi connectivity index (χ3n) is 8.79. The number of rotatable bonds is 6. The van der Waals surface area contributed by atoms with Crippen LogP contribution in [-0.2, 0) is 11.2 Å². The molecule has 2 heterocycles. The van der Waals surface area contributed by atoms with Gasteiger partial charge in [0.2, 0.25) is 17.6 Å². The molecular weight excluding hydrogens is 412 g/mol. The van der Waals surface area contributed by atoms with Crippen molar-refractivity contribution in [3.8, 4) is 11.4 Å².